The minimum absolute atomic E-state index is 0.139. The number of nitrogens with zero attached hydrogens (tertiary/aromatic N) is 1. The second-order valence-corrected chi connectivity index (χ2v) is 9.06. The van der Waals surface area contributed by atoms with Crippen LogP contribution in [-0.2, 0) is 10.0 Å². The molecule has 28 heavy (non-hydrogen) atoms. The van der Waals surface area contributed by atoms with Crippen LogP contribution in [0.1, 0.15) is 24.8 Å². The Bertz CT molecular complexity index is 947. The molecule has 2 aromatic carbocycles. The molecule has 5 nitrogen and oxygen atoms in total. The lowest BCUT2D eigenvalue weighted by molar-refractivity contribution is 0.297. The molecular weight excluding hydrogens is 379 g/mol. The molecule has 1 unspecified atom stereocenters. The molecular formula is C21H27FN2O3S. The second kappa shape index (κ2) is 8.59. The summed E-state index contributed by atoms with van der Waals surface area (Å²) in [7, 11) is -0.0901. The molecule has 0 saturated carbocycles. The molecule has 1 fully saturated rings. The van der Waals surface area contributed by atoms with E-state index in [-0.39, 0.29) is 10.7 Å². The summed E-state index contributed by atoms with van der Waals surface area (Å²) in [6.45, 7) is 3.15. The molecule has 1 N–H and O–H groups in total. The normalized spacial score (nSPS) is 17.8. The molecule has 0 aromatic heterocycles. The quantitative estimate of drug-likeness (QED) is 0.764. The fourth-order valence-corrected chi connectivity index (χ4v) is 4.69. The molecule has 0 radical (unpaired) electrons. The largest absolute Gasteiger partial charge is 0.496 e. The van der Waals surface area contributed by atoms with Crippen molar-refractivity contribution in [1.82, 2.24) is 9.62 Å². The molecule has 1 saturated heterocycles. The van der Waals surface area contributed by atoms with Gasteiger partial charge in [0, 0.05) is 24.2 Å². The van der Waals surface area contributed by atoms with Crippen LogP contribution in [0.2, 0.25) is 0 Å². The number of sulfonamides is 1. The number of ether oxygens (including phenoxy) is 1. The lowest BCUT2D eigenvalue weighted by atomic mass is 10.0. The van der Waals surface area contributed by atoms with Crippen LogP contribution in [0.25, 0.3) is 11.1 Å². The molecule has 0 aliphatic carbocycles. The smallest absolute Gasteiger partial charge is 0.240 e. The number of rotatable bonds is 7. The zero-order valence-electron chi connectivity index (χ0n) is 16.5. The minimum atomic E-state index is -3.64. The van der Waals surface area contributed by atoms with Crippen molar-refractivity contribution in [2.75, 3.05) is 27.2 Å². The minimum Gasteiger partial charge on any atom is -0.496 e. The van der Waals surface area contributed by atoms with Gasteiger partial charge in [-0.15, -0.1) is 0 Å². The Morgan fingerprint density at radius 2 is 2.04 bits per heavy atom. The molecule has 2 aromatic rings. The van der Waals surface area contributed by atoms with Gasteiger partial charge in [0.25, 0.3) is 0 Å². The number of hydrogen-bond donors (Lipinski definition) is 1. The van der Waals surface area contributed by atoms with Crippen LogP contribution in [0.15, 0.2) is 41.3 Å². The van der Waals surface area contributed by atoms with Gasteiger partial charge in [-0.25, -0.2) is 17.5 Å². The molecule has 0 amide bonds. The maximum absolute atomic E-state index is 13.9. The number of hydrogen-bond acceptors (Lipinski definition) is 4. The Hall–Kier alpha value is -1.96. The molecule has 3 rings (SSSR count). The van der Waals surface area contributed by atoms with E-state index in [9.17, 15) is 12.8 Å². The SMILES string of the molecule is COc1cc(S(=O)(=O)NCCC2CCCN2C)ccc1-c1ccc(C)c(F)c1. The van der Waals surface area contributed by atoms with Crippen molar-refractivity contribution in [2.45, 2.75) is 37.1 Å². The zero-order valence-corrected chi connectivity index (χ0v) is 17.4. The summed E-state index contributed by atoms with van der Waals surface area (Å²) in [6.07, 6.45) is 3.05. The van der Waals surface area contributed by atoms with Crippen molar-refractivity contribution in [3.63, 3.8) is 0 Å². The first-order chi connectivity index (χ1) is 13.3. The van der Waals surface area contributed by atoms with Crippen LogP contribution >= 0.6 is 0 Å². The maximum Gasteiger partial charge on any atom is 0.240 e. The van der Waals surface area contributed by atoms with Gasteiger partial charge < -0.3 is 9.64 Å². The van der Waals surface area contributed by atoms with Gasteiger partial charge in [0.15, 0.2) is 0 Å². The van der Waals surface area contributed by atoms with Crippen molar-refractivity contribution in [3.8, 4) is 16.9 Å². The lowest BCUT2D eigenvalue weighted by Gasteiger charge is -2.19. The van der Waals surface area contributed by atoms with E-state index in [1.54, 1.807) is 25.1 Å². The van der Waals surface area contributed by atoms with Crippen molar-refractivity contribution in [2.24, 2.45) is 0 Å². The first-order valence-corrected chi connectivity index (χ1v) is 10.9. The standard InChI is InChI=1S/C21H27FN2O3S/c1-15-6-7-16(13-20(15)22)19-9-8-18(14-21(19)27-3)28(25,26)23-11-10-17-5-4-12-24(17)2/h6-9,13-14,17,23H,4-5,10-12H2,1-3H3. The molecule has 7 heteroatoms. The Labute approximate surface area is 166 Å². The van der Waals surface area contributed by atoms with Crippen molar-refractivity contribution >= 4 is 10.0 Å². The maximum atomic E-state index is 13.9. The van der Waals surface area contributed by atoms with Crippen LogP contribution in [-0.4, -0.2) is 46.6 Å². The number of benzene rings is 2. The third-order valence-electron chi connectivity index (χ3n) is 5.41. The monoisotopic (exact) mass is 406 g/mol. The fourth-order valence-electron chi connectivity index (χ4n) is 3.62. The summed E-state index contributed by atoms with van der Waals surface area (Å²) in [6, 6.07) is 10.0. The van der Waals surface area contributed by atoms with E-state index in [0.717, 1.165) is 25.8 Å². The van der Waals surface area contributed by atoms with Crippen molar-refractivity contribution < 1.29 is 17.5 Å². The van der Waals surface area contributed by atoms with Crippen molar-refractivity contribution in [1.29, 1.82) is 0 Å². The molecule has 1 heterocycles. The molecule has 0 spiro atoms. The van der Waals surface area contributed by atoms with Crippen LogP contribution in [0.3, 0.4) is 0 Å². The molecule has 1 aliphatic rings. The van der Waals surface area contributed by atoms with Gasteiger partial charge in [-0.2, -0.15) is 0 Å². The highest BCUT2D eigenvalue weighted by molar-refractivity contribution is 7.89. The van der Waals surface area contributed by atoms with Gasteiger partial charge in [0.05, 0.1) is 12.0 Å². The molecule has 1 atom stereocenters. The van der Waals surface area contributed by atoms with E-state index in [2.05, 4.69) is 16.7 Å². The number of halogens is 1. The predicted octanol–water partition coefficient (Wildman–Crippen LogP) is 3.57. The Morgan fingerprint density at radius 1 is 1.25 bits per heavy atom. The summed E-state index contributed by atoms with van der Waals surface area (Å²) < 4.78 is 47.3. The van der Waals surface area contributed by atoms with Gasteiger partial charge in [-0.05, 0) is 69.1 Å². The molecule has 1 aliphatic heterocycles. The highest BCUT2D eigenvalue weighted by Crippen LogP contribution is 2.33. The van der Waals surface area contributed by atoms with Gasteiger partial charge in [-0.3, -0.25) is 0 Å². The zero-order chi connectivity index (χ0) is 20.3. The third-order valence-corrected chi connectivity index (χ3v) is 6.87. The number of methoxy groups -OCH3 is 1. The van der Waals surface area contributed by atoms with E-state index in [4.69, 9.17) is 4.74 Å². The molecule has 0 bridgehead atoms. The Balaban J connectivity index is 1.77. The van der Waals surface area contributed by atoms with E-state index in [1.807, 2.05) is 0 Å². The van der Waals surface area contributed by atoms with Gasteiger partial charge in [-0.1, -0.05) is 12.1 Å². The Kier molecular flexibility index (Phi) is 6.37. The lowest BCUT2D eigenvalue weighted by Crippen LogP contribution is -2.31. The van der Waals surface area contributed by atoms with Crippen LogP contribution in [0, 0.1) is 12.7 Å². The van der Waals surface area contributed by atoms with E-state index in [1.165, 1.54) is 25.3 Å². The van der Waals surface area contributed by atoms with E-state index >= 15 is 0 Å². The average Bonchev–Trinajstić information content (AvgIpc) is 3.08. The van der Waals surface area contributed by atoms with Crippen LogP contribution < -0.4 is 9.46 Å². The first-order valence-electron chi connectivity index (χ1n) is 9.46. The van der Waals surface area contributed by atoms with Gasteiger partial charge in [0.1, 0.15) is 11.6 Å². The van der Waals surface area contributed by atoms with Crippen LogP contribution in [0.4, 0.5) is 4.39 Å². The summed E-state index contributed by atoms with van der Waals surface area (Å²) >= 11 is 0. The fraction of sp³-hybridized carbons (Fsp3) is 0.429. The Morgan fingerprint density at radius 3 is 2.68 bits per heavy atom. The van der Waals surface area contributed by atoms with Crippen LogP contribution in [0.5, 0.6) is 5.75 Å². The predicted molar refractivity (Wildman–Crippen MR) is 109 cm³/mol. The average molecular weight is 407 g/mol. The first kappa shape index (κ1) is 20.8. The van der Waals surface area contributed by atoms with Crippen molar-refractivity contribution in [3.05, 3.63) is 47.8 Å². The van der Waals surface area contributed by atoms with E-state index < -0.39 is 10.0 Å². The third kappa shape index (κ3) is 4.54. The summed E-state index contributed by atoms with van der Waals surface area (Å²) in [5, 5.41) is 0. The van der Waals surface area contributed by atoms with E-state index in [0.29, 0.717) is 35.0 Å². The summed E-state index contributed by atoms with van der Waals surface area (Å²) in [5.74, 6) is 0.0800. The number of aryl methyl sites for hydroxylation is 1. The second-order valence-electron chi connectivity index (χ2n) is 7.29. The highest BCUT2D eigenvalue weighted by atomic mass is 32.2. The number of likely N-dealkylation sites (tertiary alicyclic amines) is 1. The summed E-state index contributed by atoms with van der Waals surface area (Å²) in [4.78, 5) is 2.41. The highest BCUT2D eigenvalue weighted by Gasteiger charge is 2.22. The number of nitrogens with one attached hydrogen (secondary N) is 1. The van der Waals surface area contributed by atoms with Gasteiger partial charge in [0.2, 0.25) is 10.0 Å². The van der Waals surface area contributed by atoms with Gasteiger partial charge >= 0.3 is 0 Å². The molecule has 152 valence electrons. The summed E-state index contributed by atoms with van der Waals surface area (Å²) in [5.41, 5.74) is 1.84. The topological polar surface area (TPSA) is 58.6 Å².